The van der Waals surface area contributed by atoms with Crippen LogP contribution in [-0.4, -0.2) is 22.8 Å². The number of ketones is 1. The molecule has 1 unspecified atom stereocenters. The largest absolute Gasteiger partial charge is 0.362 e. The summed E-state index contributed by atoms with van der Waals surface area (Å²) in [7, 11) is 0. The molecule has 64 valence electrons. The van der Waals surface area contributed by atoms with Crippen molar-refractivity contribution in [3.05, 3.63) is 12.2 Å². The van der Waals surface area contributed by atoms with Gasteiger partial charge in [0, 0.05) is 6.42 Å². The normalized spacial score (nSPS) is 34.8. The van der Waals surface area contributed by atoms with Crippen molar-refractivity contribution in [3.63, 3.8) is 0 Å². The summed E-state index contributed by atoms with van der Waals surface area (Å²) in [6.45, 7) is 1.46. The number of carbonyl (C=O) groups is 1. The van der Waals surface area contributed by atoms with Crippen molar-refractivity contribution in [1.82, 2.24) is 0 Å². The quantitative estimate of drug-likeness (QED) is 0.568. The minimum atomic E-state index is -1.37. The van der Waals surface area contributed by atoms with E-state index in [1.807, 2.05) is 0 Å². The summed E-state index contributed by atoms with van der Waals surface area (Å²) >= 11 is 0. The van der Waals surface area contributed by atoms with E-state index in [4.69, 9.17) is 11.2 Å². The fraction of sp³-hybridized carbons (Fsp3) is 0.444. The Hall–Kier alpha value is -1.11. The topological polar surface area (TPSA) is 46.5 Å². The molecule has 0 fully saturated rings. The van der Waals surface area contributed by atoms with Crippen molar-refractivity contribution in [2.75, 3.05) is 0 Å². The maximum Gasteiger partial charge on any atom is 0.185 e. The lowest BCUT2D eigenvalue weighted by Crippen LogP contribution is -2.39. The van der Waals surface area contributed by atoms with E-state index in [2.05, 4.69) is 5.92 Å². The Bertz CT molecular complexity index is 257. The summed E-state index contributed by atoms with van der Waals surface area (Å²) in [5.74, 6) is 0.754. The van der Waals surface area contributed by atoms with E-state index in [0.717, 1.165) is 0 Å². The predicted octanol–water partition coefficient (Wildman–Crippen LogP) is 0.242. The van der Waals surface area contributed by atoms with Crippen LogP contribution >= 0.6 is 0 Å². The lowest BCUT2D eigenvalue weighted by atomic mass is 10.1. The molecule has 0 saturated carbocycles. The smallest absolute Gasteiger partial charge is 0.185 e. The van der Waals surface area contributed by atoms with Crippen LogP contribution in [0.2, 0.25) is 0 Å². The van der Waals surface area contributed by atoms with Gasteiger partial charge in [0.15, 0.2) is 11.6 Å². The molecule has 0 aromatic heterocycles. The molecular formula is C9H10O3. The molecule has 0 bridgehead atoms. The first-order chi connectivity index (χ1) is 5.55. The molecule has 12 heavy (non-hydrogen) atoms. The molecule has 0 amide bonds. The summed E-state index contributed by atoms with van der Waals surface area (Å²) in [5, 5.41) is 9.36. The van der Waals surface area contributed by atoms with E-state index < -0.39 is 11.9 Å². The third-order valence-corrected chi connectivity index (χ3v) is 1.56. The second kappa shape index (κ2) is 3.10. The number of ether oxygens (including phenoxy) is 1. The Morgan fingerprint density at radius 2 is 2.58 bits per heavy atom. The summed E-state index contributed by atoms with van der Waals surface area (Å²) < 4.78 is 5.00. The summed E-state index contributed by atoms with van der Waals surface area (Å²) in [6.07, 6.45) is 7.12. The zero-order valence-electron chi connectivity index (χ0n) is 6.78. The van der Waals surface area contributed by atoms with E-state index in [1.54, 1.807) is 0 Å². The first-order valence-electron chi connectivity index (χ1n) is 3.62. The van der Waals surface area contributed by atoms with E-state index in [0.29, 0.717) is 0 Å². The van der Waals surface area contributed by atoms with E-state index >= 15 is 0 Å². The first-order valence-corrected chi connectivity index (χ1v) is 3.62. The second-order valence-corrected chi connectivity index (χ2v) is 2.81. The van der Waals surface area contributed by atoms with Crippen molar-refractivity contribution >= 4 is 5.78 Å². The number of rotatable bonds is 1. The molecule has 0 aromatic rings. The molecule has 0 aliphatic carbocycles. The van der Waals surface area contributed by atoms with Crippen LogP contribution in [0.25, 0.3) is 0 Å². The molecule has 2 atom stereocenters. The Balaban J connectivity index is 2.75. The standard InChI is InChI=1S/C9H10O3/c1-3-4-8-7(10)5-6-9(2,11)12-8/h1,5-6,8,11H,4H2,2H3/t8?,9-/m0/s1. The van der Waals surface area contributed by atoms with Gasteiger partial charge in [0.25, 0.3) is 0 Å². The Morgan fingerprint density at radius 1 is 1.92 bits per heavy atom. The van der Waals surface area contributed by atoms with Gasteiger partial charge >= 0.3 is 0 Å². The van der Waals surface area contributed by atoms with Gasteiger partial charge in [-0.3, -0.25) is 4.79 Å². The monoisotopic (exact) mass is 166 g/mol. The van der Waals surface area contributed by atoms with Crippen LogP contribution in [0.5, 0.6) is 0 Å². The molecule has 0 aromatic carbocycles. The van der Waals surface area contributed by atoms with Gasteiger partial charge in [-0.2, -0.15) is 0 Å². The van der Waals surface area contributed by atoms with Crippen LogP contribution in [0, 0.1) is 12.3 Å². The molecule has 1 aliphatic rings. The summed E-state index contributed by atoms with van der Waals surface area (Å²) in [4.78, 5) is 11.1. The Labute approximate surface area is 71.0 Å². The van der Waals surface area contributed by atoms with Gasteiger partial charge in [-0.25, -0.2) is 0 Å². The first kappa shape index (κ1) is 8.98. The highest BCUT2D eigenvalue weighted by molar-refractivity contribution is 5.94. The molecule has 1 heterocycles. The third-order valence-electron chi connectivity index (χ3n) is 1.56. The van der Waals surface area contributed by atoms with Crippen LogP contribution in [0.15, 0.2) is 12.2 Å². The highest BCUT2D eigenvalue weighted by Crippen LogP contribution is 2.18. The van der Waals surface area contributed by atoms with Crippen molar-refractivity contribution in [3.8, 4) is 12.3 Å². The Kier molecular flexibility index (Phi) is 2.32. The molecule has 0 radical (unpaired) electrons. The van der Waals surface area contributed by atoms with Crippen molar-refractivity contribution in [2.24, 2.45) is 0 Å². The van der Waals surface area contributed by atoms with E-state index in [1.165, 1.54) is 19.1 Å². The highest BCUT2D eigenvalue weighted by atomic mass is 16.6. The minimum absolute atomic E-state index is 0.194. The number of aliphatic hydroxyl groups is 1. The summed E-state index contributed by atoms with van der Waals surface area (Å²) in [5.41, 5.74) is 0. The van der Waals surface area contributed by atoms with Crippen LogP contribution in [0.1, 0.15) is 13.3 Å². The molecule has 1 aliphatic heterocycles. The summed E-state index contributed by atoms with van der Waals surface area (Å²) in [6, 6.07) is 0. The second-order valence-electron chi connectivity index (χ2n) is 2.81. The number of terminal acetylenes is 1. The molecule has 0 saturated heterocycles. The maximum atomic E-state index is 11.1. The fourth-order valence-electron chi connectivity index (χ4n) is 0.979. The van der Waals surface area contributed by atoms with Gasteiger partial charge in [0.1, 0.15) is 6.10 Å². The van der Waals surface area contributed by atoms with Crippen LogP contribution in [0.3, 0.4) is 0 Å². The SMILES string of the molecule is C#CCC1O[C@](C)(O)C=CC1=O. The predicted molar refractivity (Wildman–Crippen MR) is 43.1 cm³/mol. The van der Waals surface area contributed by atoms with Crippen molar-refractivity contribution in [1.29, 1.82) is 0 Å². The minimum Gasteiger partial charge on any atom is -0.362 e. The zero-order chi connectivity index (χ0) is 9.19. The van der Waals surface area contributed by atoms with Gasteiger partial charge in [-0.05, 0) is 19.1 Å². The number of carbonyl (C=O) groups excluding carboxylic acids is 1. The number of hydrogen-bond donors (Lipinski definition) is 1. The average Bonchev–Trinajstić information content (AvgIpc) is 1.97. The van der Waals surface area contributed by atoms with Crippen molar-refractivity contribution < 1.29 is 14.6 Å². The maximum absolute atomic E-state index is 11.1. The third kappa shape index (κ3) is 1.94. The van der Waals surface area contributed by atoms with Gasteiger partial charge in [-0.1, -0.05) is 0 Å². The lowest BCUT2D eigenvalue weighted by molar-refractivity contribution is -0.191. The molecule has 3 nitrogen and oxygen atoms in total. The Morgan fingerprint density at radius 3 is 3.17 bits per heavy atom. The average molecular weight is 166 g/mol. The van der Waals surface area contributed by atoms with Gasteiger partial charge in [0.2, 0.25) is 0 Å². The van der Waals surface area contributed by atoms with Gasteiger partial charge < -0.3 is 9.84 Å². The molecular weight excluding hydrogens is 156 g/mol. The van der Waals surface area contributed by atoms with Gasteiger partial charge in [-0.15, -0.1) is 12.3 Å². The molecule has 0 spiro atoms. The molecule has 1 N–H and O–H groups in total. The molecule has 1 rings (SSSR count). The van der Waals surface area contributed by atoms with Crippen LogP contribution in [-0.2, 0) is 9.53 Å². The number of hydrogen-bond acceptors (Lipinski definition) is 3. The fourth-order valence-corrected chi connectivity index (χ4v) is 0.979. The van der Waals surface area contributed by atoms with Gasteiger partial charge in [0.05, 0.1) is 0 Å². The van der Waals surface area contributed by atoms with Crippen LogP contribution in [0.4, 0.5) is 0 Å². The molecule has 3 heteroatoms. The highest BCUT2D eigenvalue weighted by Gasteiger charge is 2.30. The lowest BCUT2D eigenvalue weighted by Gasteiger charge is -2.28. The zero-order valence-corrected chi connectivity index (χ0v) is 6.78. The van der Waals surface area contributed by atoms with Crippen LogP contribution < -0.4 is 0 Å². The van der Waals surface area contributed by atoms with Crippen molar-refractivity contribution in [2.45, 2.75) is 25.2 Å². The van der Waals surface area contributed by atoms with E-state index in [-0.39, 0.29) is 12.2 Å². The van der Waals surface area contributed by atoms with E-state index in [9.17, 15) is 9.90 Å².